The molecule has 1 heterocycles. The Balaban J connectivity index is 2.18. The van der Waals surface area contributed by atoms with Gasteiger partial charge in [-0.15, -0.1) is 11.6 Å². The van der Waals surface area contributed by atoms with Gasteiger partial charge in [-0.25, -0.2) is 4.79 Å². The van der Waals surface area contributed by atoms with Gasteiger partial charge in [0.05, 0.1) is 6.61 Å². The molecule has 1 aliphatic heterocycles. The number of hydrogen-bond donors (Lipinski definition) is 2. The van der Waals surface area contributed by atoms with Crippen LogP contribution in [0.5, 0.6) is 0 Å². The maximum Gasteiger partial charge on any atom is 0.331 e. The third kappa shape index (κ3) is 18.7. The van der Waals surface area contributed by atoms with E-state index in [4.69, 9.17) is 40.0 Å². The number of benzene rings is 1. The van der Waals surface area contributed by atoms with Crippen molar-refractivity contribution in [2.75, 3.05) is 19.1 Å². The summed E-state index contributed by atoms with van der Waals surface area (Å²) in [6.07, 6.45) is 7.04. The van der Waals surface area contributed by atoms with Gasteiger partial charge in [-0.2, -0.15) is 0 Å². The standard InChI is InChI=1S/C38H57ClN2O12/c1-5-6-7-8-9-10-11-12-13-14-18-21-32(45)40-30(37(47)49-23-29-19-16-15-17-20-29)24-50-38-34(41-33(46)22-39)36(52-28(4)44)35(51-27(3)43)31(53-38)25-48-26(2)42/h15-17,19-20,30-31,34-36,38H,5-14,18,21-25H2,1-4H3,(H,40,45)(H,41,46)/t30-,31+,34+,35+,36+,38+/m0/s1. The molecule has 0 unspecified atom stereocenters. The zero-order chi connectivity index (χ0) is 39.0. The summed E-state index contributed by atoms with van der Waals surface area (Å²) >= 11 is 5.77. The molecule has 0 aliphatic carbocycles. The smallest absolute Gasteiger partial charge is 0.331 e. The molecule has 2 N–H and O–H groups in total. The van der Waals surface area contributed by atoms with Gasteiger partial charge in [0.2, 0.25) is 11.8 Å². The average molecular weight is 769 g/mol. The minimum atomic E-state index is -1.48. The summed E-state index contributed by atoms with van der Waals surface area (Å²) in [5.41, 5.74) is 0.723. The normalized spacial score (nSPS) is 20.1. The molecule has 1 aromatic rings. The molecule has 2 amide bonds. The van der Waals surface area contributed by atoms with Crippen LogP contribution >= 0.6 is 11.6 Å². The van der Waals surface area contributed by atoms with Gasteiger partial charge in [0.1, 0.15) is 31.2 Å². The Labute approximate surface area is 317 Å². The van der Waals surface area contributed by atoms with E-state index in [1.807, 2.05) is 6.07 Å². The molecule has 0 radical (unpaired) electrons. The number of hydrogen-bond acceptors (Lipinski definition) is 12. The van der Waals surface area contributed by atoms with Crippen molar-refractivity contribution in [2.24, 2.45) is 0 Å². The average Bonchev–Trinajstić information content (AvgIpc) is 3.12. The molecule has 15 heteroatoms. The van der Waals surface area contributed by atoms with E-state index in [0.717, 1.165) is 45.6 Å². The highest BCUT2D eigenvalue weighted by Crippen LogP contribution is 2.28. The number of ether oxygens (including phenoxy) is 6. The second-order valence-corrected chi connectivity index (χ2v) is 13.3. The van der Waals surface area contributed by atoms with E-state index < -0.39 is 85.6 Å². The molecular weight excluding hydrogens is 712 g/mol. The highest BCUT2D eigenvalue weighted by Gasteiger charge is 2.51. The number of carbonyl (C=O) groups is 6. The molecule has 1 aliphatic rings. The number of rotatable bonds is 25. The molecule has 0 spiro atoms. The van der Waals surface area contributed by atoms with Crippen molar-refractivity contribution in [1.29, 1.82) is 0 Å². The Morgan fingerprint density at radius 3 is 1.91 bits per heavy atom. The number of unbranched alkanes of at least 4 members (excludes halogenated alkanes) is 10. The van der Waals surface area contributed by atoms with E-state index in [9.17, 15) is 28.8 Å². The summed E-state index contributed by atoms with van der Waals surface area (Å²) in [5, 5.41) is 5.26. The van der Waals surface area contributed by atoms with Gasteiger partial charge < -0.3 is 39.1 Å². The van der Waals surface area contributed by atoms with Crippen molar-refractivity contribution in [3.8, 4) is 0 Å². The lowest BCUT2D eigenvalue weighted by Gasteiger charge is -2.45. The molecule has 0 saturated carbocycles. The summed E-state index contributed by atoms with van der Waals surface area (Å²) in [6, 6.07) is 6.34. The molecule has 1 fully saturated rings. The number of alkyl halides is 1. The summed E-state index contributed by atoms with van der Waals surface area (Å²) in [5.74, 6) is -4.60. The predicted octanol–water partition coefficient (Wildman–Crippen LogP) is 4.81. The molecule has 2 rings (SSSR count). The number of esters is 4. The Morgan fingerprint density at radius 1 is 0.755 bits per heavy atom. The second-order valence-electron chi connectivity index (χ2n) is 13.1. The van der Waals surface area contributed by atoms with Crippen LogP contribution in [0.15, 0.2) is 30.3 Å². The number of halogens is 1. The minimum Gasteiger partial charge on any atom is -0.463 e. The molecule has 1 saturated heterocycles. The van der Waals surface area contributed by atoms with E-state index in [-0.39, 0.29) is 18.9 Å². The van der Waals surface area contributed by atoms with Crippen LogP contribution in [0.1, 0.15) is 110 Å². The largest absolute Gasteiger partial charge is 0.463 e. The van der Waals surface area contributed by atoms with Crippen molar-refractivity contribution in [3.05, 3.63) is 35.9 Å². The number of nitrogens with one attached hydrogen (secondary N) is 2. The van der Waals surface area contributed by atoms with Crippen molar-refractivity contribution < 1.29 is 57.2 Å². The highest BCUT2D eigenvalue weighted by atomic mass is 35.5. The summed E-state index contributed by atoms with van der Waals surface area (Å²) in [7, 11) is 0. The van der Waals surface area contributed by atoms with Crippen LogP contribution < -0.4 is 10.6 Å². The first-order valence-electron chi connectivity index (χ1n) is 18.5. The highest BCUT2D eigenvalue weighted by molar-refractivity contribution is 6.27. The zero-order valence-corrected chi connectivity index (χ0v) is 32.2. The third-order valence-corrected chi connectivity index (χ3v) is 8.67. The molecule has 6 atom stereocenters. The quantitative estimate of drug-likeness (QED) is 0.0601. The molecule has 1 aromatic carbocycles. The van der Waals surface area contributed by atoms with E-state index in [1.165, 1.54) is 44.9 Å². The first-order chi connectivity index (χ1) is 25.4. The van der Waals surface area contributed by atoms with Crippen molar-refractivity contribution in [3.63, 3.8) is 0 Å². The number of carbonyl (C=O) groups excluding carboxylic acids is 6. The molecule has 298 valence electrons. The number of amides is 2. The van der Waals surface area contributed by atoms with Crippen LogP contribution in [-0.4, -0.2) is 91.5 Å². The Morgan fingerprint density at radius 2 is 1.34 bits per heavy atom. The fourth-order valence-electron chi connectivity index (χ4n) is 5.83. The van der Waals surface area contributed by atoms with E-state index in [2.05, 4.69) is 17.6 Å². The van der Waals surface area contributed by atoms with Gasteiger partial charge >= 0.3 is 23.9 Å². The van der Waals surface area contributed by atoms with Crippen LogP contribution in [0.3, 0.4) is 0 Å². The molecule has 0 aromatic heterocycles. The lowest BCUT2D eigenvalue weighted by molar-refractivity contribution is -0.278. The first-order valence-corrected chi connectivity index (χ1v) is 19.1. The van der Waals surface area contributed by atoms with Gasteiger partial charge in [-0.05, 0) is 12.0 Å². The fourth-order valence-corrected chi connectivity index (χ4v) is 5.91. The zero-order valence-electron chi connectivity index (χ0n) is 31.4. The van der Waals surface area contributed by atoms with Crippen LogP contribution in [-0.2, 0) is 63.8 Å². The van der Waals surface area contributed by atoms with Gasteiger partial charge in [-0.1, -0.05) is 101 Å². The maximum atomic E-state index is 13.4. The monoisotopic (exact) mass is 768 g/mol. The summed E-state index contributed by atoms with van der Waals surface area (Å²) in [6.45, 7) is 4.59. The van der Waals surface area contributed by atoms with E-state index in [1.54, 1.807) is 24.3 Å². The molecule has 0 bridgehead atoms. The first kappa shape index (κ1) is 45.4. The SMILES string of the molecule is CCCCCCCCCCCCCC(=O)N[C@@H](CO[C@@H]1O[C@H](COC(C)=O)[C@@H](OC(C)=O)[C@H](OC(C)=O)[C@H]1NC(=O)CCl)C(=O)OCc1ccccc1. The van der Waals surface area contributed by atoms with Crippen LogP contribution in [0.25, 0.3) is 0 Å². The van der Waals surface area contributed by atoms with Crippen LogP contribution in [0.4, 0.5) is 0 Å². The van der Waals surface area contributed by atoms with Crippen molar-refractivity contribution in [2.45, 2.75) is 148 Å². The predicted molar refractivity (Wildman–Crippen MR) is 194 cm³/mol. The Kier molecular flexibility index (Phi) is 22.4. The van der Waals surface area contributed by atoms with Gasteiger partial charge in [0, 0.05) is 27.2 Å². The second kappa shape index (κ2) is 26.1. The molecular formula is C38H57ClN2O12. The molecule has 14 nitrogen and oxygen atoms in total. The van der Waals surface area contributed by atoms with Crippen LogP contribution in [0.2, 0.25) is 0 Å². The summed E-state index contributed by atoms with van der Waals surface area (Å²) < 4.78 is 33.6. The lowest BCUT2D eigenvalue weighted by Crippen LogP contribution is -2.67. The Bertz CT molecular complexity index is 1280. The topological polar surface area (TPSA) is 182 Å². The molecule has 53 heavy (non-hydrogen) atoms. The van der Waals surface area contributed by atoms with E-state index in [0.29, 0.717) is 6.42 Å². The van der Waals surface area contributed by atoms with Gasteiger partial charge in [0.15, 0.2) is 24.5 Å². The Hall–Kier alpha value is -3.75. The van der Waals surface area contributed by atoms with Crippen molar-refractivity contribution in [1.82, 2.24) is 10.6 Å². The van der Waals surface area contributed by atoms with Crippen LogP contribution in [0, 0.1) is 0 Å². The third-order valence-electron chi connectivity index (χ3n) is 8.43. The van der Waals surface area contributed by atoms with Gasteiger partial charge in [-0.3, -0.25) is 24.0 Å². The minimum absolute atomic E-state index is 0.0674. The van der Waals surface area contributed by atoms with Crippen molar-refractivity contribution >= 4 is 47.3 Å². The lowest BCUT2D eigenvalue weighted by atomic mass is 9.96. The summed E-state index contributed by atoms with van der Waals surface area (Å²) in [4.78, 5) is 75.0. The van der Waals surface area contributed by atoms with E-state index >= 15 is 0 Å². The maximum absolute atomic E-state index is 13.4. The fraction of sp³-hybridized carbons (Fsp3) is 0.684. The van der Waals surface area contributed by atoms with Gasteiger partial charge in [0.25, 0.3) is 0 Å².